The van der Waals surface area contributed by atoms with Crippen molar-refractivity contribution < 1.29 is 0 Å². The predicted octanol–water partition coefficient (Wildman–Crippen LogP) is 2.53. The van der Waals surface area contributed by atoms with Gasteiger partial charge in [0.1, 0.15) is 6.07 Å². The van der Waals surface area contributed by atoms with Crippen molar-refractivity contribution in [2.45, 2.75) is 38.6 Å². The minimum absolute atomic E-state index is 0.362. The maximum Gasteiger partial charge on any atom is 0.150 e. The highest BCUT2D eigenvalue weighted by Gasteiger charge is 2.22. The third kappa shape index (κ3) is 2.50. The summed E-state index contributed by atoms with van der Waals surface area (Å²) in [7, 11) is 0. The van der Waals surface area contributed by atoms with Crippen molar-refractivity contribution in [2.24, 2.45) is 5.92 Å². The molecule has 0 radical (unpaired) electrons. The lowest BCUT2D eigenvalue weighted by molar-refractivity contribution is 0.481. The summed E-state index contributed by atoms with van der Waals surface area (Å²) in [6.45, 7) is 2.16. The topological polar surface area (TPSA) is 74.7 Å². The number of hydrogen-bond donors (Lipinski definition) is 2. The molecule has 0 spiro atoms. The van der Waals surface area contributed by atoms with Gasteiger partial charge >= 0.3 is 0 Å². The molecule has 4 nitrogen and oxygen atoms in total. The summed E-state index contributed by atoms with van der Waals surface area (Å²) in [6.07, 6.45) is 6.80. The molecule has 1 unspecified atom stereocenters. The van der Waals surface area contributed by atoms with E-state index in [0.29, 0.717) is 29.0 Å². The molecular formula is C13H18N4. The summed E-state index contributed by atoms with van der Waals surface area (Å²) in [5, 5.41) is 12.2. The lowest BCUT2D eigenvalue weighted by atomic mass is 10.00. The second-order valence-electron chi connectivity index (χ2n) is 4.71. The molecule has 17 heavy (non-hydrogen) atoms. The maximum atomic E-state index is 8.90. The largest absolute Gasteiger partial charge is 0.395 e. The molecule has 4 heteroatoms. The molecule has 0 bridgehead atoms. The Kier molecular flexibility index (Phi) is 3.48. The summed E-state index contributed by atoms with van der Waals surface area (Å²) in [4.78, 5) is 4.21. The highest BCUT2D eigenvalue weighted by atomic mass is 15.0. The van der Waals surface area contributed by atoms with E-state index < -0.39 is 0 Å². The fraction of sp³-hybridized carbons (Fsp3) is 0.538. The van der Waals surface area contributed by atoms with Crippen molar-refractivity contribution in [3.8, 4) is 6.07 Å². The van der Waals surface area contributed by atoms with Gasteiger partial charge in [-0.1, -0.05) is 12.8 Å². The van der Waals surface area contributed by atoms with Crippen LogP contribution in [-0.2, 0) is 0 Å². The van der Waals surface area contributed by atoms with Crippen LogP contribution in [0, 0.1) is 17.2 Å². The van der Waals surface area contributed by atoms with Crippen molar-refractivity contribution in [2.75, 3.05) is 11.1 Å². The van der Waals surface area contributed by atoms with E-state index in [1.54, 1.807) is 12.3 Å². The molecule has 1 atom stereocenters. The fourth-order valence-electron chi connectivity index (χ4n) is 2.48. The monoisotopic (exact) mass is 230 g/mol. The lowest BCUT2D eigenvalue weighted by Gasteiger charge is -2.21. The molecule has 1 fully saturated rings. The first kappa shape index (κ1) is 11.7. The maximum absolute atomic E-state index is 8.90. The number of nitrogen functional groups attached to an aromatic ring is 1. The van der Waals surface area contributed by atoms with Crippen molar-refractivity contribution in [1.29, 1.82) is 5.26 Å². The van der Waals surface area contributed by atoms with Gasteiger partial charge in [0, 0.05) is 12.2 Å². The molecule has 1 saturated carbocycles. The first-order valence-corrected chi connectivity index (χ1v) is 6.13. The van der Waals surface area contributed by atoms with Crippen molar-refractivity contribution in [3.63, 3.8) is 0 Å². The Morgan fingerprint density at radius 2 is 2.24 bits per heavy atom. The van der Waals surface area contributed by atoms with E-state index in [4.69, 9.17) is 11.0 Å². The quantitative estimate of drug-likeness (QED) is 0.836. The van der Waals surface area contributed by atoms with E-state index in [1.165, 1.54) is 25.7 Å². The van der Waals surface area contributed by atoms with Gasteiger partial charge in [-0.3, -0.25) is 0 Å². The summed E-state index contributed by atoms with van der Waals surface area (Å²) in [6, 6.07) is 4.08. The van der Waals surface area contributed by atoms with E-state index in [1.807, 2.05) is 0 Å². The van der Waals surface area contributed by atoms with E-state index in [0.717, 1.165) is 0 Å². The smallest absolute Gasteiger partial charge is 0.150 e. The zero-order chi connectivity index (χ0) is 12.3. The van der Waals surface area contributed by atoms with Crippen molar-refractivity contribution in [3.05, 3.63) is 17.8 Å². The van der Waals surface area contributed by atoms with Gasteiger partial charge in [-0.25, -0.2) is 4.98 Å². The Bertz CT molecular complexity index is 430. The van der Waals surface area contributed by atoms with Crippen LogP contribution in [0.15, 0.2) is 12.3 Å². The van der Waals surface area contributed by atoms with Crippen LogP contribution >= 0.6 is 0 Å². The number of nitrogens with zero attached hydrogens (tertiary/aromatic N) is 2. The summed E-state index contributed by atoms with van der Waals surface area (Å²) >= 11 is 0. The van der Waals surface area contributed by atoms with Gasteiger partial charge < -0.3 is 11.1 Å². The van der Waals surface area contributed by atoms with Gasteiger partial charge in [0.25, 0.3) is 0 Å². The minimum Gasteiger partial charge on any atom is -0.395 e. The fourth-order valence-corrected chi connectivity index (χ4v) is 2.48. The minimum atomic E-state index is 0.362. The van der Waals surface area contributed by atoms with Crippen LogP contribution in [-0.4, -0.2) is 11.0 Å². The lowest BCUT2D eigenvalue weighted by Crippen LogP contribution is -2.25. The van der Waals surface area contributed by atoms with Gasteiger partial charge in [0.05, 0.1) is 11.3 Å². The number of hydrogen-bond acceptors (Lipinski definition) is 4. The Balaban J connectivity index is 2.10. The molecule has 0 amide bonds. The van der Waals surface area contributed by atoms with Gasteiger partial charge in [-0.2, -0.15) is 5.26 Å². The first-order valence-electron chi connectivity index (χ1n) is 6.13. The third-order valence-corrected chi connectivity index (χ3v) is 3.58. The molecule has 1 aliphatic carbocycles. The van der Waals surface area contributed by atoms with Crippen LogP contribution in [0.25, 0.3) is 0 Å². The Morgan fingerprint density at radius 3 is 2.88 bits per heavy atom. The number of nitrogens with two attached hydrogens (primary N) is 1. The number of pyridine rings is 1. The molecule has 1 aromatic heterocycles. The first-order chi connectivity index (χ1) is 8.22. The average Bonchev–Trinajstić information content (AvgIpc) is 2.85. The van der Waals surface area contributed by atoms with E-state index in [-0.39, 0.29) is 0 Å². The zero-order valence-corrected chi connectivity index (χ0v) is 10.1. The van der Waals surface area contributed by atoms with Crippen LogP contribution in [0.5, 0.6) is 0 Å². The molecular weight excluding hydrogens is 212 g/mol. The molecule has 1 heterocycles. The number of anilines is 2. The van der Waals surface area contributed by atoms with Crippen LogP contribution < -0.4 is 11.1 Å². The number of aromatic nitrogens is 1. The van der Waals surface area contributed by atoms with E-state index in [2.05, 4.69) is 23.3 Å². The van der Waals surface area contributed by atoms with Gasteiger partial charge in [0.15, 0.2) is 5.82 Å². The van der Waals surface area contributed by atoms with Crippen LogP contribution in [0.1, 0.15) is 38.2 Å². The molecule has 0 saturated heterocycles. The molecule has 1 aromatic rings. The Morgan fingerprint density at radius 1 is 1.53 bits per heavy atom. The number of nitrogens with one attached hydrogen (secondary N) is 1. The van der Waals surface area contributed by atoms with Gasteiger partial charge in [-0.15, -0.1) is 0 Å². The normalized spacial score (nSPS) is 17.6. The average molecular weight is 230 g/mol. The highest BCUT2D eigenvalue weighted by molar-refractivity contribution is 5.69. The SMILES string of the molecule is CC(Nc1nccc(C#N)c1N)C1CCCC1. The Hall–Kier alpha value is -1.76. The second-order valence-corrected chi connectivity index (χ2v) is 4.71. The van der Waals surface area contributed by atoms with Crippen LogP contribution in [0.3, 0.4) is 0 Å². The molecule has 0 aromatic carbocycles. The third-order valence-electron chi connectivity index (χ3n) is 3.58. The molecule has 0 aliphatic heterocycles. The highest BCUT2D eigenvalue weighted by Crippen LogP contribution is 2.30. The summed E-state index contributed by atoms with van der Waals surface area (Å²) in [5.74, 6) is 1.34. The van der Waals surface area contributed by atoms with Crippen molar-refractivity contribution in [1.82, 2.24) is 4.98 Å². The van der Waals surface area contributed by atoms with E-state index in [9.17, 15) is 0 Å². The van der Waals surface area contributed by atoms with E-state index >= 15 is 0 Å². The number of nitriles is 1. The van der Waals surface area contributed by atoms with Crippen LogP contribution in [0.2, 0.25) is 0 Å². The summed E-state index contributed by atoms with van der Waals surface area (Å²) < 4.78 is 0. The Labute approximate surface area is 102 Å². The number of rotatable bonds is 3. The standard InChI is InChI=1S/C13H18N4/c1-9(10-4-2-3-5-10)17-13-12(15)11(8-14)6-7-16-13/h6-7,9-10H,2-5,15H2,1H3,(H,16,17). The van der Waals surface area contributed by atoms with Gasteiger partial charge in [-0.05, 0) is 31.7 Å². The molecule has 2 rings (SSSR count). The molecule has 90 valence electrons. The summed E-state index contributed by atoms with van der Waals surface area (Å²) in [5.41, 5.74) is 6.84. The molecule has 1 aliphatic rings. The predicted molar refractivity (Wildman–Crippen MR) is 68.4 cm³/mol. The van der Waals surface area contributed by atoms with Crippen molar-refractivity contribution >= 4 is 11.5 Å². The zero-order valence-electron chi connectivity index (χ0n) is 10.1. The molecule has 3 N–H and O–H groups in total. The van der Waals surface area contributed by atoms with Crippen LogP contribution in [0.4, 0.5) is 11.5 Å². The second kappa shape index (κ2) is 5.05. The van der Waals surface area contributed by atoms with Gasteiger partial charge in [0.2, 0.25) is 0 Å².